The Morgan fingerprint density at radius 2 is 1.86 bits per heavy atom. The Kier molecular flexibility index (Phi) is 9.40. The average molecular weight is 487 g/mol. The number of hydrogen-bond donors (Lipinski definition) is 1. The van der Waals surface area contributed by atoms with Crippen molar-refractivity contribution in [2.75, 3.05) is 26.8 Å². The van der Waals surface area contributed by atoms with E-state index in [0.29, 0.717) is 18.7 Å². The second-order valence-corrected chi connectivity index (χ2v) is 9.50. The van der Waals surface area contributed by atoms with Crippen molar-refractivity contribution in [2.24, 2.45) is 0 Å². The van der Waals surface area contributed by atoms with Crippen LogP contribution in [0.2, 0.25) is 0 Å². The van der Waals surface area contributed by atoms with Gasteiger partial charge in [0.1, 0.15) is 11.5 Å². The molecule has 3 aromatic rings. The zero-order valence-corrected chi connectivity index (χ0v) is 21.6. The molecule has 0 saturated carbocycles. The van der Waals surface area contributed by atoms with E-state index in [2.05, 4.69) is 41.4 Å². The fourth-order valence-corrected chi connectivity index (χ4v) is 4.82. The van der Waals surface area contributed by atoms with Gasteiger partial charge < -0.3 is 14.8 Å². The Hall–Kier alpha value is -3.31. The van der Waals surface area contributed by atoms with E-state index in [4.69, 9.17) is 9.47 Å². The van der Waals surface area contributed by atoms with Gasteiger partial charge in [0.25, 0.3) is 5.91 Å². The SMILES string of the molecule is CCCN1CCCCCOc2ccc(C(=O)NCc3ccccc3OC)cc2Cc2cccc(c2)C1. The van der Waals surface area contributed by atoms with E-state index in [1.807, 2.05) is 42.5 Å². The summed E-state index contributed by atoms with van der Waals surface area (Å²) in [4.78, 5) is 15.6. The first kappa shape index (κ1) is 25.8. The topological polar surface area (TPSA) is 50.8 Å². The highest BCUT2D eigenvalue weighted by Crippen LogP contribution is 2.25. The maximum Gasteiger partial charge on any atom is 0.251 e. The van der Waals surface area contributed by atoms with Gasteiger partial charge in [0.2, 0.25) is 0 Å². The molecule has 0 aliphatic carbocycles. The Balaban J connectivity index is 1.54. The third-order valence-electron chi connectivity index (χ3n) is 6.66. The molecule has 5 nitrogen and oxygen atoms in total. The minimum Gasteiger partial charge on any atom is -0.496 e. The van der Waals surface area contributed by atoms with Crippen LogP contribution in [-0.4, -0.2) is 37.6 Å². The van der Waals surface area contributed by atoms with Crippen molar-refractivity contribution in [3.63, 3.8) is 0 Å². The fraction of sp³-hybridized carbons (Fsp3) is 0.387. The van der Waals surface area contributed by atoms with E-state index in [-0.39, 0.29) is 5.91 Å². The Bertz CT molecular complexity index is 1140. The summed E-state index contributed by atoms with van der Waals surface area (Å²) in [7, 11) is 1.64. The Morgan fingerprint density at radius 3 is 2.72 bits per heavy atom. The van der Waals surface area contributed by atoms with Crippen molar-refractivity contribution in [2.45, 2.75) is 52.1 Å². The van der Waals surface area contributed by atoms with Gasteiger partial charge in [0.05, 0.1) is 13.7 Å². The van der Waals surface area contributed by atoms with Crippen LogP contribution in [0.25, 0.3) is 0 Å². The van der Waals surface area contributed by atoms with Gasteiger partial charge in [0.15, 0.2) is 0 Å². The summed E-state index contributed by atoms with van der Waals surface area (Å²) in [6, 6.07) is 22.4. The number of nitrogens with one attached hydrogen (secondary N) is 1. The molecule has 1 N–H and O–H groups in total. The normalized spacial score (nSPS) is 14.7. The lowest BCUT2D eigenvalue weighted by Crippen LogP contribution is -2.25. The van der Waals surface area contributed by atoms with Gasteiger partial charge in [-0.15, -0.1) is 0 Å². The molecule has 1 aliphatic heterocycles. The largest absolute Gasteiger partial charge is 0.496 e. The summed E-state index contributed by atoms with van der Waals surface area (Å²) < 4.78 is 11.6. The molecule has 3 aromatic carbocycles. The average Bonchev–Trinajstić information content (AvgIpc) is 2.90. The maximum absolute atomic E-state index is 13.0. The predicted octanol–water partition coefficient (Wildman–Crippen LogP) is 5.99. The fourth-order valence-electron chi connectivity index (χ4n) is 4.82. The number of fused-ring (bicyclic) bond motifs is 3. The molecule has 1 amide bonds. The zero-order valence-electron chi connectivity index (χ0n) is 21.6. The Labute approximate surface area is 215 Å². The lowest BCUT2D eigenvalue weighted by atomic mass is 9.99. The van der Waals surface area contributed by atoms with Gasteiger partial charge in [-0.05, 0) is 79.7 Å². The number of amides is 1. The standard InChI is InChI=1S/C31H38N2O3/c1-3-16-33-17-7-4-8-18-36-30-15-14-26(21-28(30)20-24-10-9-11-25(19-24)23-33)31(34)32-22-27-12-5-6-13-29(27)35-2/h5-6,9-15,19,21H,3-4,7-8,16-18,20,22-23H2,1-2H3,(H,32,34). The van der Waals surface area contributed by atoms with E-state index in [1.165, 1.54) is 17.5 Å². The van der Waals surface area contributed by atoms with Crippen LogP contribution >= 0.6 is 0 Å². The minimum atomic E-state index is -0.105. The molecular weight excluding hydrogens is 448 g/mol. The van der Waals surface area contributed by atoms with Gasteiger partial charge in [-0.1, -0.05) is 49.4 Å². The minimum absolute atomic E-state index is 0.105. The van der Waals surface area contributed by atoms with Crippen molar-refractivity contribution < 1.29 is 14.3 Å². The quantitative estimate of drug-likeness (QED) is 0.465. The molecule has 1 heterocycles. The number of carbonyl (C=O) groups excluding carboxylic acids is 1. The summed E-state index contributed by atoms with van der Waals surface area (Å²) in [5.41, 5.74) is 5.20. The zero-order chi connectivity index (χ0) is 25.2. The van der Waals surface area contributed by atoms with Gasteiger partial charge in [0, 0.05) is 30.6 Å². The van der Waals surface area contributed by atoms with Crippen LogP contribution < -0.4 is 14.8 Å². The summed E-state index contributed by atoms with van der Waals surface area (Å²) in [6.07, 6.45) is 5.26. The van der Waals surface area contributed by atoms with E-state index < -0.39 is 0 Å². The summed E-state index contributed by atoms with van der Waals surface area (Å²) in [6.45, 7) is 6.58. The molecule has 36 heavy (non-hydrogen) atoms. The van der Waals surface area contributed by atoms with Crippen molar-refractivity contribution in [3.8, 4) is 11.5 Å². The first-order chi connectivity index (χ1) is 17.7. The van der Waals surface area contributed by atoms with Crippen LogP contribution in [0, 0.1) is 0 Å². The highest BCUT2D eigenvalue weighted by Gasteiger charge is 2.14. The molecule has 0 spiro atoms. The van der Waals surface area contributed by atoms with Crippen molar-refractivity contribution in [1.29, 1.82) is 0 Å². The summed E-state index contributed by atoms with van der Waals surface area (Å²) in [5, 5.41) is 3.04. The van der Waals surface area contributed by atoms with Crippen molar-refractivity contribution >= 4 is 5.91 Å². The maximum atomic E-state index is 13.0. The highest BCUT2D eigenvalue weighted by atomic mass is 16.5. The number of ether oxygens (including phenoxy) is 2. The molecule has 0 saturated heterocycles. The number of carbonyl (C=O) groups is 1. The van der Waals surface area contributed by atoms with Crippen LogP contribution in [0.4, 0.5) is 0 Å². The van der Waals surface area contributed by atoms with Gasteiger partial charge in [-0.2, -0.15) is 0 Å². The van der Waals surface area contributed by atoms with Crippen LogP contribution in [-0.2, 0) is 19.5 Å². The predicted molar refractivity (Wildman–Crippen MR) is 145 cm³/mol. The number of benzene rings is 3. The first-order valence-corrected chi connectivity index (χ1v) is 13.1. The molecule has 0 fully saturated rings. The molecule has 2 bridgehead atoms. The molecule has 1 aliphatic rings. The van der Waals surface area contributed by atoms with Crippen molar-refractivity contribution in [1.82, 2.24) is 10.2 Å². The third kappa shape index (κ3) is 7.11. The second-order valence-electron chi connectivity index (χ2n) is 9.50. The first-order valence-electron chi connectivity index (χ1n) is 13.1. The number of nitrogens with zero attached hydrogens (tertiary/aromatic N) is 1. The molecule has 4 rings (SSSR count). The van der Waals surface area contributed by atoms with E-state index in [0.717, 1.165) is 67.9 Å². The molecule has 190 valence electrons. The molecule has 0 aromatic heterocycles. The number of methoxy groups -OCH3 is 1. The van der Waals surface area contributed by atoms with Crippen LogP contribution in [0.15, 0.2) is 66.7 Å². The highest BCUT2D eigenvalue weighted by molar-refractivity contribution is 5.94. The van der Waals surface area contributed by atoms with Gasteiger partial charge in [-0.25, -0.2) is 0 Å². The number of para-hydroxylation sites is 1. The van der Waals surface area contributed by atoms with E-state index in [1.54, 1.807) is 7.11 Å². The molecular formula is C31H38N2O3. The van der Waals surface area contributed by atoms with E-state index in [9.17, 15) is 4.79 Å². The lowest BCUT2D eigenvalue weighted by Gasteiger charge is -2.22. The summed E-state index contributed by atoms with van der Waals surface area (Å²) in [5.74, 6) is 1.53. The van der Waals surface area contributed by atoms with Gasteiger partial charge >= 0.3 is 0 Å². The summed E-state index contributed by atoms with van der Waals surface area (Å²) >= 11 is 0. The molecule has 0 unspecified atom stereocenters. The molecule has 5 heteroatoms. The van der Waals surface area contributed by atoms with Crippen molar-refractivity contribution in [3.05, 3.63) is 94.5 Å². The second kappa shape index (κ2) is 13.1. The smallest absolute Gasteiger partial charge is 0.251 e. The Morgan fingerprint density at radius 1 is 1.00 bits per heavy atom. The van der Waals surface area contributed by atoms with Crippen LogP contribution in [0.1, 0.15) is 65.2 Å². The van der Waals surface area contributed by atoms with Gasteiger partial charge in [-0.3, -0.25) is 9.69 Å². The van der Waals surface area contributed by atoms with E-state index >= 15 is 0 Å². The molecule has 0 atom stereocenters. The molecule has 0 radical (unpaired) electrons. The monoisotopic (exact) mass is 486 g/mol. The van der Waals surface area contributed by atoms with Crippen LogP contribution in [0.5, 0.6) is 11.5 Å². The lowest BCUT2D eigenvalue weighted by molar-refractivity contribution is 0.0950. The third-order valence-corrected chi connectivity index (χ3v) is 6.66. The number of rotatable bonds is 6. The number of hydrogen-bond acceptors (Lipinski definition) is 4. The van der Waals surface area contributed by atoms with Crippen LogP contribution in [0.3, 0.4) is 0 Å².